The predicted molar refractivity (Wildman–Crippen MR) is 83.7 cm³/mol. The smallest absolute Gasteiger partial charge is 0.0724 e. The minimum Gasteiger partial charge on any atom is -0.380 e. The molecule has 1 heterocycles. The number of aryl methyl sites for hydroxylation is 1. The van der Waals surface area contributed by atoms with Crippen molar-refractivity contribution in [2.24, 2.45) is 11.7 Å². The molecule has 0 saturated carbocycles. The van der Waals surface area contributed by atoms with Crippen LogP contribution in [0.4, 0.5) is 0 Å². The molecule has 0 bridgehead atoms. The number of nitrogens with two attached hydrogens (primary N) is 1. The average molecular weight is 276 g/mol. The Balaban J connectivity index is 1.85. The van der Waals surface area contributed by atoms with Gasteiger partial charge in [0.1, 0.15) is 0 Å². The third-order valence-electron chi connectivity index (χ3n) is 4.62. The molecule has 0 radical (unpaired) electrons. The van der Waals surface area contributed by atoms with E-state index in [4.69, 9.17) is 10.5 Å². The number of nitrogens with zero attached hydrogens (tertiary/aromatic N) is 1. The number of hydrogen-bond acceptors (Lipinski definition) is 3. The van der Waals surface area contributed by atoms with Gasteiger partial charge in [-0.2, -0.15) is 0 Å². The molecular weight excluding hydrogens is 248 g/mol. The van der Waals surface area contributed by atoms with Gasteiger partial charge in [-0.25, -0.2) is 0 Å². The van der Waals surface area contributed by atoms with Crippen LogP contribution in [0.3, 0.4) is 0 Å². The Hall–Kier alpha value is -0.900. The lowest BCUT2D eigenvalue weighted by Crippen LogP contribution is -2.44. The quantitative estimate of drug-likeness (QED) is 0.898. The van der Waals surface area contributed by atoms with Crippen molar-refractivity contribution in [3.8, 4) is 0 Å². The summed E-state index contributed by atoms with van der Waals surface area (Å²) < 4.78 is 5.57. The standard InChI is InChI=1S/C17H28N2O/c1-13-6-4-5-7-15(13)16(18)9-11-19-10-8-14(2)17(12-19)20-3/h4-7,14,16-17H,8-12,18H2,1-3H3. The summed E-state index contributed by atoms with van der Waals surface area (Å²) >= 11 is 0. The van der Waals surface area contributed by atoms with Crippen LogP contribution in [0.5, 0.6) is 0 Å². The van der Waals surface area contributed by atoms with Crippen LogP contribution in [-0.2, 0) is 4.74 Å². The average Bonchev–Trinajstić information content (AvgIpc) is 2.46. The molecule has 3 heteroatoms. The van der Waals surface area contributed by atoms with Crippen molar-refractivity contribution in [1.29, 1.82) is 0 Å². The second-order valence-electron chi connectivity index (χ2n) is 6.09. The molecule has 1 aromatic carbocycles. The summed E-state index contributed by atoms with van der Waals surface area (Å²) in [4.78, 5) is 2.49. The highest BCUT2D eigenvalue weighted by atomic mass is 16.5. The van der Waals surface area contributed by atoms with Crippen molar-refractivity contribution < 1.29 is 4.74 Å². The summed E-state index contributed by atoms with van der Waals surface area (Å²) in [6, 6.07) is 8.57. The lowest BCUT2D eigenvalue weighted by molar-refractivity contribution is -0.00556. The van der Waals surface area contributed by atoms with E-state index in [0.717, 1.165) is 19.5 Å². The molecule has 3 nitrogen and oxygen atoms in total. The number of rotatable bonds is 5. The van der Waals surface area contributed by atoms with Crippen molar-refractivity contribution >= 4 is 0 Å². The van der Waals surface area contributed by atoms with Gasteiger partial charge in [-0.05, 0) is 43.4 Å². The minimum atomic E-state index is 0.136. The molecule has 2 rings (SSSR count). The zero-order chi connectivity index (χ0) is 14.5. The van der Waals surface area contributed by atoms with Crippen LogP contribution < -0.4 is 5.73 Å². The Labute approximate surface area is 123 Å². The number of piperidine rings is 1. The summed E-state index contributed by atoms with van der Waals surface area (Å²) in [5.74, 6) is 0.668. The fraction of sp³-hybridized carbons (Fsp3) is 0.647. The molecule has 3 atom stereocenters. The molecule has 1 saturated heterocycles. The minimum absolute atomic E-state index is 0.136. The van der Waals surface area contributed by atoms with E-state index in [2.05, 4.69) is 43.0 Å². The number of ether oxygens (including phenoxy) is 1. The lowest BCUT2D eigenvalue weighted by atomic mass is 9.95. The molecule has 0 spiro atoms. The molecule has 1 fully saturated rings. The fourth-order valence-electron chi connectivity index (χ4n) is 3.09. The maximum atomic E-state index is 6.35. The van der Waals surface area contributed by atoms with Gasteiger partial charge in [-0.1, -0.05) is 31.2 Å². The second-order valence-corrected chi connectivity index (χ2v) is 6.09. The largest absolute Gasteiger partial charge is 0.380 e. The van der Waals surface area contributed by atoms with E-state index in [0.29, 0.717) is 12.0 Å². The molecule has 0 amide bonds. The molecule has 20 heavy (non-hydrogen) atoms. The molecular formula is C17H28N2O. The molecule has 1 aromatic rings. The van der Waals surface area contributed by atoms with Crippen LogP contribution in [0.2, 0.25) is 0 Å². The van der Waals surface area contributed by atoms with Gasteiger partial charge in [0.25, 0.3) is 0 Å². The Morgan fingerprint density at radius 3 is 2.85 bits per heavy atom. The molecule has 112 valence electrons. The zero-order valence-corrected chi connectivity index (χ0v) is 13.0. The van der Waals surface area contributed by atoms with E-state index in [1.807, 2.05) is 7.11 Å². The van der Waals surface area contributed by atoms with E-state index < -0.39 is 0 Å². The topological polar surface area (TPSA) is 38.5 Å². The molecule has 1 aliphatic rings. The zero-order valence-electron chi connectivity index (χ0n) is 13.0. The Bertz CT molecular complexity index is 421. The third kappa shape index (κ3) is 3.81. The van der Waals surface area contributed by atoms with Gasteiger partial charge in [0.05, 0.1) is 6.10 Å². The molecule has 3 unspecified atom stereocenters. The summed E-state index contributed by atoms with van der Waals surface area (Å²) in [6.07, 6.45) is 2.60. The highest BCUT2D eigenvalue weighted by molar-refractivity contribution is 5.28. The highest BCUT2D eigenvalue weighted by Gasteiger charge is 2.26. The summed E-state index contributed by atoms with van der Waals surface area (Å²) in [6.45, 7) is 7.69. The number of hydrogen-bond donors (Lipinski definition) is 1. The summed E-state index contributed by atoms with van der Waals surface area (Å²) in [7, 11) is 1.82. The number of methoxy groups -OCH3 is 1. The highest BCUT2D eigenvalue weighted by Crippen LogP contribution is 2.22. The maximum absolute atomic E-state index is 6.35. The Morgan fingerprint density at radius 2 is 2.15 bits per heavy atom. The molecule has 2 N–H and O–H groups in total. The first-order valence-corrected chi connectivity index (χ1v) is 7.68. The summed E-state index contributed by atoms with van der Waals surface area (Å²) in [5, 5.41) is 0. The third-order valence-corrected chi connectivity index (χ3v) is 4.62. The predicted octanol–water partition coefficient (Wildman–Crippen LogP) is 2.74. The van der Waals surface area contributed by atoms with Crippen LogP contribution in [0.25, 0.3) is 0 Å². The maximum Gasteiger partial charge on any atom is 0.0724 e. The van der Waals surface area contributed by atoms with Crippen molar-refractivity contribution in [2.45, 2.75) is 38.8 Å². The Morgan fingerprint density at radius 1 is 1.40 bits per heavy atom. The van der Waals surface area contributed by atoms with Crippen molar-refractivity contribution in [3.63, 3.8) is 0 Å². The van der Waals surface area contributed by atoms with E-state index in [1.165, 1.54) is 24.1 Å². The number of likely N-dealkylation sites (tertiary alicyclic amines) is 1. The SMILES string of the molecule is COC1CN(CCC(N)c2ccccc2C)CCC1C. The monoisotopic (exact) mass is 276 g/mol. The first kappa shape index (κ1) is 15.5. The van der Waals surface area contributed by atoms with E-state index in [-0.39, 0.29) is 6.04 Å². The van der Waals surface area contributed by atoms with Gasteiger partial charge in [0.15, 0.2) is 0 Å². The Kier molecular flexibility index (Phi) is 5.58. The summed E-state index contributed by atoms with van der Waals surface area (Å²) in [5.41, 5.74) is 8.92. The van der Waals surface area contributed by atoms with Crippen molar-refractivity contribution in [3.05, 3.63) is 35.4 Å². The van der Waals surface area contributed by atoms with Crippen LogP contribution in [0, 0.1) is 12.8 Å². The van der Waals surface area contributed by atoms with E-state index in [9.17, 15) is 0 Å². The molecule has 0 aliphatic carbocycles. The van der Waals surface area contributed by atoms with Crippen LogP contribution in [-0.4, -0.2) is 37.7 Å². The first-order chi connectivity index (χ1) is 9.61. The van der Waals surface area contributed by atoms with E-state index >= 15 is 0 Å². The first-order valence-electron chi connectivity index (χ1n) is 7.68. The van der Waals surface area contributed by atoms with Crippen LogP contribution >= 0.6 is 0 Å². The van der Waals surface area contributed by atoms with Crippen molar-refractivity contribution in [1.82, 2.24) is 4.90 Å². The second kappa shape index (κ2) is 7.21. The normalized spacial score (nSPS) is 25.6. The van der Waals surface area contributed by atoms with Gasteiger partial charge in [-0.3, -0.25) is 0 Å². The van der Waals surface area contributed by atoms with E-state index in [1.54, 1.807) is 0 Å². The van der Waals surface area contributed by atoms with Gasteiger partial charge in [0.2, 0.25) is 0 Å². The van der Waals surface area contributed by atoms with Gasteiger partial charge in [-0.15, -0.1) is 0 Å². The fourth-order valence-corrected chi connectivity index (χ4v) is 3.09. The van der Waals surface area contributed by atoms with Crippen LogP contribution in [0.1, 0.15) is 36.9 Å². The molecule has 0 aromatic heterocycles. The molecule has 1 aliphatic heterocycles. The van der Waals surface area contributed by atoms with Gasteiger partial charge in [0, 0.05) is 26.2 Å². The van der Waals surface area contributed by atoms with Crippen molar-refractivity contribution in [2.75, 3.05) is 26.7 Å². The van der Waals surface area contributed by atoms with Crippen LogP contribution in [0.15, 0.2) is 24.3 Å². The van der Waals surface area contributed by atoms with Gasteiger partial charge >= 0.3 is 0 Å². The number of benzene rings is 1. The van der Waals surface area contributed by atoms with Gasteiger partial charge < -0.3 is 15.4 Å². The lowest BCUT2D eigenvalue weighted by Gasteiger charge is -2.36.